The molecule has 2 nitrogen and oxygen atoms in total. The van der Waals surface area contributed by atoms with E-state index < -0.39 is 0 Å². The number of rotatable bonds is 5. The maximum absolute atomic E-state index is 6.02. The van der Waals surface area contributed by atoms with Crippen molar-refractivity contribution in [3.63, 3.8) is 0 Å². The van der Waals surface area contributed by atoms with E-state index in [0.29, 0.717) is 0 Å². The SMILES string of the molecule is CC(C)CC(C)(CN)N(C)C1CCCCC1. The second kappa shape index (κ2) is 6.02. The Bertz CT molecular complexity index is 197. The van der Waals surface area contributed by atoms with Crippen LogP contribution in [0.5, 0.6) is 0 Å². The minimum atomic E-state index is 0.191. The summed E-state index contributed by atoms with van der Waals surface area (Å²) in [7, 11) is 2.28. The highest BCUT2D eigenvalue weighted by molar-refractivity contribution is 4.91. The summed E-state index contributed by atoms with van der Waals surface area (Å²) in [5.74, 6) is 0.722. The Hall–Kier alpha value is -0.0800. The standard InChI is InChI=1S/C14H30N2/c1-12(2)10-14(3,11-15)16(4)13-8-6-5-7-9-13/h12-13H,5-11,15H2,1-4H3. The molecule has 0 aromatic heterocycles. The minimum absolute atomic E-state index is 0.191. The zero-order valence-electron chi connectivity index (χ0n) is 11.6. The molecule has 0 saturated heterocycles. The predicted molar refractivity (Wildman–Crippen MR) is 71.6 cm³/mol. The van der Waals surface area contributed by atoms with Gasteiger partial charge in [0, 0.05) is 18.1 Å². The summed E-state index contributed by atoms with van der Waals surface area (Å²) in [5, 5.41) is 0. The van der Waals surface area contributed by atoms with Crippen LogP contribution >= 0.6 is 0 Å². The topological polar surface area (TPSA) is 29.3 Å². The molecular weight excluding hydrogens is 196 g/mol. The zero-order valence-corrected chi connectivity index (χ0v) is 11.6. The summed E-state index contributed by atoms with van der Waals surface area (Å²) in [6.07, 6.45) is 8.16. The minimum Gasteiger partial charge on any atom is -0.329 e. The molecule has 16 heavy (non-hydrogen) atoms. The maximum Gasteiger partial charge on any atom is 0.0305 e. The van der Waals surface area contributed by atoms with Gasteiger partial charge in [-0.25, -0.2) is 0 Å². The molecule has 0 radical (unpaired) electrons. The van der Waals surface area contributed by atoms with Gasteiger partial charge in [0.1, 0.15) is 0 Å². The number of nitrogens with zero attached hydrogens (tertiary/aromatic N) is 1. The summed E-state index contributed by atoms with van der Waals surface area (Å²) in [5.41, 5.74) is 6.21. The Balaban J connectivity index is 2.62. The molecule has 0 spiro atoms. The van der Waals surface area contributed by atoms with Gasteiger partial charge >= 0.3 is 0 Å². The third kappa shape index (κ3) is 3.46. The second-order valence-corrected chi connectivity index (χ2v) is 6.20. The Morgan fingerprint density at radius 1 is 1.25 bits per heavy atom. The van der Waals surface area contributed by atoms with Gasteiger partial charge in [0.2, 0.25) is 0 Å². The molecule has 0 heterocycles. The first-order valence-corrected chi connectivity index (χ1v) is 6.92. The molecule has 1 atom stereocenters. The van der Waals surface area contributed by atoms with Crippen LogP contribution in [-0.4, -0.2) is 30.1 Å². The predicted octanol–water partition coefficient (Wildman–Crippen LogP) is 3.01. The third-order valence-corrected chi connectivity index (χ3v) is 4.26. The lowest BCUT2D eigenvalue weighted by Crippen LogP contribution is -2.55. The number of likely N-dealkylation sites (N-methyl/N-ethyl adjacent to an activating group) is 1. The Labute approximate surface area is 102 Å². The fourth-order valence-corrected chi connectivity index (χ4v) is 3.16. The first-order chi connectivity index (χ1) is 7.49. The zero-order chi connectivity index (χ0) is 12.2. The summed E-state index contributed by atoms with van der Waals surface area (Å²) in [4.78, 5) is 2.58. The van der Waals surface area contributed by atoms with Crippen molar-refractivity contribution in [2.24, 2.45) is 11.7 Å². The van der Waals surface area contributed by atoms with Crippen molar-refractivity contribution in [2.45, 2.75) is 70.9 Å². The van der Waals surface area contributed by atoms with Crippen LogP contribution in [-0.2, 0) is 0 Å². The molecule has 1 unspecified atom stereocenters. The van der Waals surface area contributed by atoms with Crippen molar-refractivity contribution < 1.29 is 0 Å². The Kier molecular flexibility index (Phi) is 5.26. The number of hydrogen-bond donors (Lipinski definition) is 1. The van der Waals surface area contributed by atoms with Crippen LogP contribution in [0.4, 0.5) is 0 Å². The summed E-state index contributed by atoms with van der Waals surface area (Å²) in [6.45, 7) is 7.70. The van der Waals surface area contributed by atoms with Crippen molar-refractivity contribution in [1.82, 2.24) is 4.90 Å². The molecule has 1 aliphatic carbocycles. The smallest absolute Gasteiger partial charge is 0.0305 e. The lowest BCUT2D eigenvalue weighted by molar-refractivity contribution is 0.0547. The number of nitrogens with two attached hydrogens (primary N) is 1. The molecule has 0 aromatic carbocycles. The number of hydrogen-bond acceptors (Lipinski definition) is 2. The van der Waals surface area contributed by atoms with Crippen molar-refractivity contribution >= 4 is 0 Å². The van der Waals surface area contributed by atoms with E-state index in [-0.39, 0.29) is 5.54 Å². The highest BCUT2D eigenvalue weighted by Crippen LogP contribution is 2.30. The van der Waals surface area contributed by atoms with Gasteiger partial charge in [-0.3, -0.25) is 4.90 Å². The molecule has 1 rings (SSSR count). The molecule has 1 fully saturated rings. The monoisotopic (exact) mass is 226 g/mol. The van der Waals surface area contributed by atoms with Gasteiger partial charge in [-0.15, -0.1) is 0 Å². The first-order valence-electron chi connectivity index (χ1n) is 6.92. The fourth-order valence-electron chi connectivity index (χ4n) is 3.16. The Morgan fingerprint density at radius 2 is 1.81 bits per heavy atom. The highest BCUT2D eigenvalue weighted by atomic mass is 15.2. The maximum atomic E-state index is 6.02. The molecule has 96 valence electrons. The van der Waals surface area contributed by atoms with Crippen LogP contribution in [0.1, 0.15) is 59.3 Å². The van der Waals surface area contributed by atoms with Crippen LogP contribution in [0.2, 0.25) is 0 Å². The lowest BCUT2D eigenvalue weighted by Gasteiger charge is -2.45. The van der Waals surface area contributed by atoms with E-state index in [0.717, 1.165) is 18.5 Å². The van der Waals surface area contributed by atoms with E-state index in [2.05, 4.69) is 32.7 Å². The average Bonchev–Trinajstić information content (AvgIpc) is 2.28. The van der Waals surface area contributed by atoms with Crippen LogP contribution in [0.15, 0.2) is 0 Å². The van der Waals surface area contributed by atoms with Gasteiger partial charge in [0.05, 0.1) is 0 Å². The van der Waals surface area contributed by atoms with Crippen molar-refractivity contribution in [2.75, 3.05) is 13.6 Å². The first kappa shape index (κ1) is 14.0. The molecule has 0 amide bonds. The molecule has 0 aliphatic heterocycles. The Morgan fingerprint density at radius 3 is 2.25 bits per heavy atom. The van der Waals surface area contributed by atoms with Gasteiger partial charge in [-0.1, -0.05) is 33.1 Å². The second-order valence-electron chi connectivity index (χ2n) is 6.20. The summed E-state index contributed by atoms with van der Waals surface area (Å²) in [6, 6.07) is 0.765. The average molecular weight is 226 g/mol. The molecule has 0 aromatic rings. The largest absolute Gasteiger partial charge is 0.329 e. The van der Waals surface area contributed by atoms with Crippen LogP contribution in [0.3, 0.4) is 0 Å². The summed E-state index contributed by atoms with van der Waals surface area (Å²) < 4.78 is 0. The van der Waals surface area contributed by atoms with Gasteiger partial charge in [-0.05, 0) is 39.2 Å². The lowest BCUT2D eigenvalue weighted by atomic mass is 9.85. The normalized spacial score (nSPS) is 22.7. The van der Waals surface area contributed by atoms with E-state index in [1.807, 2.05) is 0 Å². The van der Waals surface area contributed by atoms with E-state index in [1.54, 1.807) is 0 Å². The van der Waals surface area contributed by atoms with Crippen molar-refractivity contribution in [3.8, 4) is 0 Å². The quantitative estimate of drug-likeness (QED) is 0.781. The fraction of sp³-hybridized carbons (Fsp3) is 1.00. The molecule has 1 saturated carbocycles. The molecule has 0 bridgehead atoms. The van der Waals surface area contributed by atoms with Crippen LogP contribution in [0.25, 0.3) is 0 Å². The van der Waals surface area contributed by atoms with Gasteiger partial charge in [0.25, 0.3) is 0 Å². The summed E-state index contributed by atoms with van der Waals surface area (Å²) >= 11 is 0. The molecule has 2 heteroatoms. The third-order valence-electron chi connectivity index (χ3n) is 4.26. The molecule has 2 N–H and O–H groups in total. The van der Waals surface area contributed by atoms with Gasteiger partial charge in [0.15, 0.2) is 0 Å². The van der Waals surface area contributed by atoms with Crippen molar-refractivity contribution in [3.05, 3.63) is 0 Å². The van der Waals surface area contributed by atoms with Crippen LogP contribution < -0.4 is 5.73 Å². The van der Waals surface area contributed by atoms with E-state index in [4.69, 9.17) is 5.73 Å². The molecule has 1 aliphatic rings. The van der Waals surface area contributed by atoms with Gasteiger partial charge in [-0.2, -0.15) is 0 Å². The van der Waals surface area contributed by atoms with E-state index in [9.17, 15) is 0 Å². The van der Waals surface area contributed by atoms with Gasteiger partial charge < -0.3 is 5.73 Å². The van der Waals surface area contributed by atoms with E-state index in [1.165, 1.54) is 38.5 Å². The molecular formula is C14H30N2. The van der Waals surface area contributed by atoms with Crippen molar-refractivity contribution in [1.29, 1.82) is 0 Å². The van der Waals surface area contributed by atoms with Crippen LogP contribution in [0, 0.1) is 5.92 Å². The highest BCUT2D eigenvalue weighted by Gasteiger charge is 2.33. The van der Waals surface area contributed by atoms with E-state index >= 15 is 0 Å².